The van der Waals surface area contributed by atoms with Gasteiger partial charge in [0.05, 0.1) is 12.3 Å². The van der Waals surface area contributed by atoms with Crippen LogP contribution in [0.4, 0.5) is 5.69 Å². The van der Waals surface area contributed by atoms with E-state index in [-0.39, 0.29) is 12.4 Å². The monoisotopic (exact) mass is 373 g/mol. The lowest BCUT2D eigenvalue weighted by Gasteiger charge is -2.26. The van der Waals surface area contributed by atoms with Crippen LogP contribution in [0.15, 0.2) is 65.7 Å². The van der Waals surface area contributed by atoms with E-state index in [0.29, 0.717) is 6.61 Å². The molecule has 0 bridgehead atoms. The van der Waals surface area contributed by atoms with Gasteiger partial charge in [-0.3, -0.25) is 4.84 Å². The molecule has 0 amide bonds. The lowest BCUT2D eigenvalue weighted by Crippen LogP contribution is -2.32. The predicted molar refractivity (Wildman–Crippen MR) is 110 cm³/mol. The fourth-order valence-corrected chi connectivity index (χ4v) is 3.04. The van der Waals surface area contributed by atoms with Crippen LogP contribution in [0.2, 0.25) is 0 Å². The number of amidine groups is 1. The molecule has 2 aromatic carbocycles. The van der Waals surface area contributed by atoms with Crippen molar-refractivity contribution in [1.29, 1.82) is 0 Å². The molecule has 3 rings (SSSR count). The first-order valence-electron chi connectivity index (χ1n) is 9.21. The highest BCUT2D eigenvalue weighted by atomic mass is 35.5. The Hall–Kier alpha value is -1.88. The first-order chi connectivity index (χ1) is 12.4. The Bertz CT molecular complexity index is 643. The van der Waals surface area contributed by atoms with E-state index in [4.69, 9.17) is 4.84 Å². The summed E-state index contributed by atoms with van der Waals surface area (Å²) in [6.07, 6.45) is 5.08. The van der Waals surface area contributed by atoms with E-state index in [1.54, 1.807) is 0 Å². The number of aliphatic imine (C=N–C) groups is 1. The van der Waals surface area contributed by atoms with E-state index >= 15 is 0 Å². The van der Waals surface area contributed by atoms with Gasteiger partial charge >= 0.3 is 0 Å². The Morgan fingerprint density at radius 2 is 1.58 bits per heavy atom. The van der Waals surface area contributed by atoms with E-state index in [1.165, 1.54) is 32.4 Å². The van der Waals surface area contributed by atoms with E-state index in [9.17, 15) is 0 Å². The lowest BCUT2D eigenvalue weighted by molar-refractivity contribution is 0.0744. The molecule has 0 unspecified atom stereocenters. The molecule has 140 valence electrons. The number of halogens is 1. The van der Waals surface area contributed by atoms with Gasteiger partial charge in [-0.15, -0.1) is 12.4 Å². The highest BCUT2D eigenvalue weighted by molar-refractivity contribution is 5.99. The number of nitrogens with one attached hydrogen (secondary N) is 1. The fourth-order valence-electron chi connectivity index (χ4n) is 3.04. The van der Waals surface area contributed by atoms with Crippen LogP contribution in [-0.4, -0.2) is 37.0 Å². The van der Waals surface area contributed by atoms with Crippen molar-refractivity contribution >= 4 is 23.9 Å². The Morgan fingerprint density at radius 3 is 2.27 bits per heavy atom. The quantitative estimate of drug-likeness (QED) is 0.334. The normalized spacial score (nSPS) is 15.3. The van der Waals surface area contributed by atoms with Gasteiger partial charge in [0.2, 0.25) is 0 Å². The second-order valence-corrected chi connectivity index (χ2v) is 6.37. The van der Waals surface area contributed by atoms with Crippen LogP contribution in [0, 0.1) is 0 Å². The van der Waals surface area contributed by atoms with Crippen molar-refractivity contribution in [3.05, 3.63) is 66.2 Å². The van der Waals surface area contributed by atoms with Gasteiger partial charge in [-0.25, -0.2) is 10.5 Å². The number of hydrogen-bond acceptors (Lipinski definition) is 3. The molecule has 26 heavy (non-hydrogen) atoms. The molecular weight excluding hydrogens is 346 g/mol. The van der Waals surface area contributed by atoms with Gasteiger partial charge in [0, 0.05) is 12.1 Å². The summed E-state index contributed by atoms with van der Waals surface area (Å²) in [5.41, 5.74) is 4.98. The first-order valence-corrected chi connectivity index (χ1v) is 9.21. The molecule has 4 nitrogen and oxygen atoms in total. The number of benzene rings is 2. The minimum Gasteiger partial charge on any atom is -0.303 e. The predicted octanol–water partition coefficient (Wildman–Crippen LogP) is 4.58. The van der Waals surface area contributed by atoms with E-state index < -0.39 is 0 Å². The average molecular weight is 374 g/mol. The summed E-state index contributed by atoms with van der Waals surface area (Å²) in [4.78, 5) is 12.9. The molecule has 1 fully saturated rings. The highest BCUT2D eigenvalue weighted by Gasteiger charge is 2.09. The second-order valence-electron chi connectivity index (χ2n) is 6.37. The van der Waals surface area contributed by atoms with E-state index in [1.807, 2.05) is 60.7 Å². The topological polar surface area (TPSA) is 36.9 Å². The van der Waals surface area contributed by atoms with Crippen molar-refractivity contribution in [1.82, 2.24) is 10.4 Å². The van der Waals surface area contributed by atoms with Gasteiger partial charge in [0.25, 0.3) is 0 Å². The van der Waals surface area contributed by atoms with Gasteiger partial charge in [-0.1, -0.05) is 55.0 Å². The van der Waals surface area contributed by atoms with Crippen LogP contribution in [0.5, 0.6) is 0 Å². The molecule has 0 aromatic heterocycles. The van der Waals surface area contributed by atoms with Gasteiger partial charge in [0.15, 0.2) is 5.84 Å². The maximum absolute atomic E-state index is 5.71. The van der Waals surface area contributed by atoms with E-state index in [2.05, 4.69) is 15.4 Å². The number of nitrogens with zero attached hydrogens (tertiary/aromatic N) is 2. The zero-order valence-corrected chi connectivity index (χ0v) is 16.0. The van der Waals surface area contributed by atoms with Crippen molar-refractivity contribution in [3.8, 4) is 0 Å². The van der Waals surface area contributed by atoms with Crippen molar-refractivity contribution in [2.75, 3.05) is 26.2 Å². The molecule has 1 heterocycles. The Labute approximate surface area is 162 Å². The smallest absolute Gasteiger partial charge is 0.157 e. The van der Waals surface area contributed by atoms with Crippen LogP contribution >= 0.6 is 12.4 Å². The largest absolute Gasteiger partial charge is 0.303 e. The number of likely N-dealkylation sites (tertiary alicyclic amines) is 1. The standard InChI is InChI=1S/C21H27N3O.ClH/c1-4-11-19(12-5-1)21(22-20-13-6-2-7-14-20)23-25-18-10-17-24-15-8-3-9-16-24;/h1-2,4-7,11-14H,3,8-10,15-18H2,(H,22,23);1H. The molecule has 1 N–H and O–H groups in total. The lowest BCUT2D eigenvalue weighted by atomic mass is 10.1. The van der Waals surface area contributed by atoms with E-state index in [0.717, 1.165) is 30.1 Å². The van der Waals surface area contributed by atoms with Gasteiger partial charge < -0.3 is 4.90 Å². The number of piperidine rings is 1. The zero-order chi connectivity index (χ0) is 17.2. The summed E-state index contributed by atoms with van der Waals surface area (Å²) in [6.45, 7) is 4.26. The first kappa shape index (κ1) is 20.4. The van der Waals surface area contributed by atoms with Crippen LogP contribution in [0.1, 0.15) is 31.2 Å². The maximum atomic E-state index is 5.71. The second kappa shape index (κ2) is 11.7. The number of rotatable bonds is 7. The summed E-state index contributed by atoms with van der Waals surface area (Å²) >= 11 is 0. The van der Waals surface area contributed by atoms with Crippen LogP contribution in [0.3, 0.4) is 0 Å². The molecule has 0 radical (unpaired) electrons. The minimum absolute atomic E-state index is 0. The maximum Gasteiger partial charge on any atom is 0.157 e. The summed E-state index contributed by atoms with van der Waals surface area (Å²) < 4.78 is 0. The van der Waals surface area contributed by atoms with Crippen molar-refractivity contribution in [2.45, 2.75) is 25.7 Å². The molecule has 0 aliphatic carbocycles. The third-order valence-corrected chi connectivity index (χ3v) is 4.38. The Balaban J connectivity index is 0.00000243. The number of hydroxylamine groups is 1. The van der Waals surface area contributed by atoms with Crippen molar-refractivity contribution < 1.29 is 4.84 Å². The highest BCUT2D eigenvalue weighted by Crippen LogP contribution is 2.12. The summed E-state index contributed by atoms with van der Waals surface area (Å²) in [5, 5.41) is 0. The van der Waals surface area contributed by atoms with Gasteiger partial charge in [0.1, 0.15) is 0 Å². The molecule has 0 atom stereocenters. The minimum atomic E-state index is 0. The third-order valence-electron chi connectivity index (χ3n) is 4.38. The summed E-state index contributed by atoms with van der Waals surface area (Å²) in [6, 6.07) is 20.0. The molecule has 2 aromatic rings. The molecule has 0 saturated carbocycles. The SMILES string of the molecule is Cl.c1ccc(/N=C(/NOCCCN2CCCCC2)c2ccccc2)cc1. The number of hydrogen-bond donors (Lipinski definition) is 1. The fraction of sp³-hybridized carbons (Fsp3) is 0.381. The summed E-state index contributed by atoms with van der Waals surface area (Å²) in [7, 11) is 0. The molecule has 5 heteroatoms. The Morgan fingerprint density at radius 1 is 0.923 bits per heavy atom. The molecule has 1 saturated heterocycles. The van der Waals surface area contributed by atoms with Crippen LogP contribution < -0.4 is 5.48 Å². The van der Waals surface area contributed by atoms with Crippen molar-refractivity contribution in [2.24, 2.45) is 4.99 Å². The summed E-state index contributed by atoms with van der Waals surface area (Å²) in [5.74, 6) is 0.741. The van der Waals surface area contributed by atoms with Gasteiger partial charge in [-0.05, 0) is 44.5 Å². The third kappa shape index (κ3) is 6.79. The molecule has 1 aliphatic rings. The Kier molecular flexibility index (Phi) is 9.18. The molecule has 0 spiro atoms. The van der Waals surface area contributed by atoms with Crippen LogP contribution in [0.25, 0.3) is 0 Å². The number of para-hydroxylation sites is 1. The average Bonchev–Trinajstić information content (AvgIpc) is 2.69. The zero-order valence-electron chi connectivity index (χ0n) is 15.1. The molecule has 1 aliphatic heterocycles. The van der Waals surface area contributed by atoms with Crippen LogP contribution in [-0.2, 0) is 4.84 Å². The van der Waals surface area contributed by atoms with Crippen molar-refractivity contribution in [3.63, 3.8) is 0 Å². The molecular formula is C21H28ClN3O. The van der Waals surface area contributed by atoms with Gasteiger partial charge in [-0.2, -0.15) is 0 Å².